The van der Waals surface area contributed by atoms with E-state index in [2.05, 4.69) is 22.2 Å². The number of hydrogen-bond donors (Lipinski definition) is 1. The van der Waals surface area contributed by atoms with Gasteiger partial charge < -0.3 is 19.9 Å². The fraction of sp³-hybridized carbons (Fsp3) is 0.579. The number of carbonyl (C=O) groups excluding carboxylic acids is 1. The first kappa shape index (κ1) is 18.6. The number of likely N-dealkylation sites (N-methyl/N-ethyl adjacent to an activating group) is 1. The van der Waals surface area contributed by atoms with Gasteiger partial charge >= 0.3 is 0 Å². The average molecular weight is 393 g/mol. The van der Waals surface area contributed by atoms with Crippen molar-refractivity contribution < 1.29 is 13.9 Å². The highest BCUT2D eigenvalue weighted by atomic mass is 32.1. The smallest absolute Gasteiger partial charge is 0.252 e. The molecule has 0 bridgehead atoms. The minimum atomic E-state index is -0.605. The molecule has 3 aliphatic rings. The Kier molecular flexibility index (Phi) is 5.05. The number of nitrogens with one attached hydrogen (secondary N) is 1. The van der Waals surface area contributed by atoms with Gasteiger partial charge in [-0.2, -0.15) is 0 Å². The predicted octanol–water partition coefficient (Wildman–Crippen LogP) is 1.60. The minimum absolute atomic E-state index is 0.0550. The summed E-state index contributed by atoms with van der Waals surface area (Å²) in [5.74, 6) is -0.247. The van der Waals surface area contributed by atoms with Crippen molar-refractivity contribution in [1.82, 2.24) is 15.1 Å². The van der Waals surface area contributed by atoms with Crippen LogP contribution in [0.2, 0.25) is 0 Å². The molecule has 0 atom stereocenters. The molecule has 2 saturated heterocycles. The lowest BCUT2D eigenvalue weighted by molar-refractivity contribution is -0.125. The van der Waals surface area contributed by atoms with Crippen LogP contribution in [0.4, 0.5) is 10.1 Å². The molecule has 2 heterocycles. The Morgan fingerprint density at radius 2 is 2.00 bits per heavy atom. The van der Waals surface area contributed by atoms with Gasteiger partial charge in [0.15, 0.2) is 16.7 Å². The minimum Gasteiger partial charge on any atom is -0.489 e. The van der Waals surface area contributed by atoms with Gasteiger partial charge in [-0.3, -0.25) is 9.69 Å². The molecular formula is C19H25FN4O2S. The molecule has 1 N–H and O–H groups in total. The number of anilines is 1. The van der Waals surface area contributed by atoms with Crippen LogP contribution in [-0.4, -0.2) is 72.7 Å². The lowest BCUT2D eigenvalue weighted by atomic mass is 9.75. The second-order valence-corrected chi connectivity index (χ2v) is 7.97. The number of rotatable bonds is 5. The van der Waals surface area contributed by atoms with Gasteiger partial charge in [-0.1, -0.05) is 0 Å². The van der Waals surface area contributed by atoms with Crippen LogP contribution in [0.5, 0.6) is 5.75 Å². The molecular weight excluding hydrogens is 367 g/mol. The zero-order valence-electron chi connectivity index (χ0n) is 15.5. The Bertz CT molecular complexity index is 747. The normalized spacial score (nSPS) is 22.8. The molecule has 8 heteroatoms. The molecule has 1 amide bonds. The van der Waals surface area contributed by atoms with Gasteiger partial charge in [0.05, 0.1) is 0 Å². The van der Waals surface area contributed by atoms with E-state index in [1.165, 1.54) is 6.07 Å². The number of benzene rings is 1. The maximum absolute atomic E-state index is 14.3. The Morgan fingerprint density at radius 1 is 1.26 bits per heavy atom. The zero-order valence-corrected chi connectivity index (χ0v) is 16.4. The molecule has 1 saturated carbocycles. The van der Waals surface area contributed by atoms with E-state index in [9.17, 15) is 9.18 Å². The summed E-state index contributed by atoms with van der Waals surface area (Å²) >= 11 is 5.36. The van der Waals surface area contributed by atoms with Crippen molar-refractivity contribution in [1.29, 1.82) is 0 Å². The molecule has 6 nitrogen and oxygen atoms in total. The van der Waals surface area contributed by atoms with Gasteiger partial charge in [0.25, 0.3) is 5.91 Å². The fourth-order valence-corrected chi connectivity index (χ4v) is 4.36. The SMILES string of the molecule is CN1CCN(CCOc2cc(N3C(=S)NC(=O)C34CCC4)ccc2F)CC1. The van der Waals surface area contributed by atoms with Crippen LogP contribution < -0.4 is 15.0 Å². The number of thiocarbonyl (C=S) groups is 1. The third kappa shape index (κ3) is 3.41. The lowest BCUT2D eigenvalue weighted by Crippen LogP contribution is -2.55. The second kappa shape index (κ2) is 7.33. The zero-order chi connectivity index (χ0) is 19.0. The molecule has 1 spiro atoms. The van der Waals surface area contributed by atoms with Crippen LogP contribution in [0.1, 0.15) is 19.3 Å². The van der Waals surface area contributed by atoms with Crippen molar-refractivity contribution >= 4 is 28.9 Å². The molecule has 27 heavy (non-hydrogen) atoms. The summed E-state index contributed by atoms with van der Waals surface area (Å²) in [6.07, 6.45) is 2.51. The van der Waals surface area contributed by atoms with Crippen LogP contribution in [0, 0.1) is 5.82 Å². The van der Waals surface area contributed by atoms with Crippen molar-refractivity contribution in [2.45, 2.75) is 24.8 Å². The number of halogens is 1. The number of amides is 1. The van der Waals surface area contributed by atoms with Crippen LogP contribution in [0.3, 0.4) is 0 Å². The summed E-state index contributed by atoms with van der Waals surface area (Å²) in [6, 6.07) is 4.71. The number of ether oxygens (including phenoxy) is 1. The van der Waals surface area contributed by atoms with Crippen molar-refractivity contribution in [3.05, 3.63) is 24.0 Å². The number of carbonyl (C=O) groups is 1. The van der Waals surface area contributed by atoms with Gasteiger partial charge in [-0.25, -0.2) is 4.39 Å². The molecule has 0 unspecified atom stereocenters. The highest BCUT2D eigenvalue weighted by molar-refractivity contribution is 7.80. The van der Waals surface area contributed by atoms with E-state index in [0.717, 1.165) is 52.0 Å². The monoisotopic (exact) mass is 392 g/mol. The molecule has 146 valence electrons. The molecule has 4 rings (SSSR count). The van der Waals surface area contributed by atoms with E-state index in [1.807, 2.05) is 4.90 Å². The van der Waals surface area contributed by atoms with Gasteiger partial charge in [-0.05, 0) is 50.7 Å². The second-order valence-electron chi connectivity index (χ2n) is 7.59. The first-order chi connectivity index (χ1) is 13.0. The number of piperazine rings is 1. The van der Waals surface area contributed by atoms with Crippen LogP contribution in [-0.2, 0) is 4.79 Å². The Hall–Kier alpha value is -1.77. The highest BCUT2D eigenvalue weighted by Gasteiger charge is 2.55. The molecule has 0 aromatic heterocycles. The fourth-order valence-electron chi connectivity index (χ4n) is 3.99. The maximum atomic E-state index is 14.3. The van der Waals surface area contributed by atoms with Crippen LogP contribution in [0.25, 0.3) is 0 Å². The molecule has 2 aliphatic heterocycles. The predicted molar refractivity (Wildman–Crippen MR) is 106 cm³/mol. The summed E-state index contributed by atoms with van der Waals surface area (Å²) in [5, 5.41) is 3.14. The average Bonchev–Trinajstić information content (AvgIpc) is 2.88. The summed E-state index contributed by atoms with van der Waals surface area (Å²) in [5.41, 5.74) is 0.0977. The van der Waals surface area contributed by atoms with Crippen LogP contribution in [0.15, 0.2) is 18.2 Å². The maximum Gasteiger partial charge on any atom is 0.252 e. The van der Waals surface area contributed by atoms with Gasteiger partial charge in [0, 0.05) is 44.5 Å². The standard InChI is InChI=1S/C19H25FN4O2S/c1-22-7-9-23(10-8-22)11-12-26-16-13-14(3-4-15(16)20)24-18(27)21-17(25)19(24)5-2-6-19/h3-4,13H,2,5-12H2,1H3,(H,21,25,27). The molecule has 1 aromatic rings. The van der Waals surface area contributed by atoms with Gasteiger partial charge in [-0.15, -0.1) is 0 Å². The first-order valence-electron chi connectivity index (χ1n) is 9.48. The third-order valence-electron chi connectivity index (χ3n) is 5.89. The molecule has 3 fully saturated rings. The first-order valence-corrected chi connectivity index (χ1v) is 9.89. The van der Waals surface area contributed by atoms with E-state index < -0.39 is 11.4 Å². The Labute approximate surface area is 164 Å². The number of nitrogens with zero attached hydrogens (tertiary/aromatic N) is 3. The van der Waals surface area contributed by atoms with Gasteiger partial charge in [0.2, 0.25) is 0 Å². The van der Waals surface area contributed by atoms with E-state index in [-0.39, 0.29) is 11.7 Å². The van der Waals surface area contributed by atoms with E-state index in [0.29, 0.717) is 17.4 Å². The van der Waals surface area contributed by atoms with Gasteiger partial charge in [0.1, 0.15) is 12.1 Å². The third-order valence-corrected chi connectivity index (χ3v) is 6.17. The largest absolute Gasteiger partial charge is 0.489 e. The van der Waals surface area contributed by atoms with Crippen LogP contribution >= 0.6 is 12.2 Å². The lowest BCUT2D eigenvalue weighted by Gasteiger charge is -2.43. The summed E-state index contributed by atoms with van der Waals surface area (Å²) in [7, 11) is 2.12. The summed E-state index contributed by atoms with van der Waals surface area (Å²) in [4.78, 5) is 18.8. The Balaban J connectivity index is 1.44. The Morgan fingerprint density at radius 3 is 2.67 bits per heavy atom. The number of hydrogen-bond acceptors (Lipinski definition) is 5. The topological polar surface area (TPSA) is 48.1 Å². The molecule has 1 aliphatic carbocycles. The van der Waals surface area contributed by atoms with Crippen molar-refractivity contribution in [2.24, 2.45) is 0 Å². The highest BCUT2D eigenvalue weighted by Crippen LogP contribution is 2.44. The summed E-state index contributed by atoms with van der Waals surface area (Å²) < 4.78 is 20.0. The van der Waals surface area contributed by atoms with E-state index >= 15 is 0 Å². The summed E-state index contributed by atoms with van der Waals surface area (Å²) in [6.45, 7) is 5.28. The van der Waals surface area contributed by atoms with Crippen molar-refractivity contribution in [3.8, 4) is 5.75 Å². The quantitative estimate of drug-likeness (QED) is 0.768. The van der Waals surface area contributed by atoms with Crippen molar-refractivity contribution in [3.63, 3.8) is 0 Å². The molecule has 0 radical (unpaired) electrons. The van der Waals surface area contributed by atoms with E-state index in [4.69, 9.17) is 17.0 Å². The molecule has 1 aromatic carbocycles. The van der Waals surface area contributed by atoms with Crippen molar-refractivity contribution in [2.75, 3.05) is 51.3 Å². The van der Waals surface area contributed by atoms with E-state index in [1.54, 1.807) is 12.1 Å².